The lowest BCUT2D eigenvalue weighted by Crippen LogP contribution is -2.30. The third kappa shape index (κ3) is 5.47. The first-order valence-corrected chi connectivity index (χ1v) is 8.14. The van der Waals surface area contributed by atoms with E-state index in [0.29, 0.717) is 18.6 Å². The van der Waals surface area contributed by atoms with Crippen molar-refractivity contribution in [2.24, 2.45) is 5.92 Å². The summed E-state index contributed by atoms with van der Waals surface area (Å²) in [5, 5.41) is 2.63. The quantitative estimate of drug-likeness (QED) is 0.890. The van der Waals surface area contributed by atoms with Gasteiger partial charge in [-0.2, -0.15) is 13.2 Å². The number of carbonyl (C=O) groups is 2. The van der Waals surface area contributed by atoms with Crippen LogP contribution in [0.3, 0.4) is 0 Å². The summed E-state index contributed by atoms with van der Waals surface area (Å²) in [7, 11) is 0. The highest BCUT2D eigenvalue weighted by Crippen LogP contribution is 2.33. The van der Waals surface area contributed by atoms with Crippen LogP contribution in [-0.2, 0) is 22.3 Å². The Bertz CT molecular complexity index is 663. The van der Waals surface area contributed by atoms with Crippen molar-refractivity contribution in [2.45, 2.75) is 58.4 Å². The maximum absolute atomic E-state index is 13.0. The van der Waals surface area contributed by atoms with Gasteiger partial charge in [0.25, 0.3) is 0 Å². The normalized spacial score (nSPS) is 18.3. The molecule has 0 radical (unpaired) electrons. The second-order valence-electron chi connectivity index (χ2n) is 7.23. The van der Waals surface area contributed by atoms with E-state index in [9.17, 15) is 22.8 Å². The highest BCUT2D eigenvalue weighted by atomic mass is 19.4. The largest absolute Gasteiger partial charge is 0.488 e. The van der Waals surface area contributed by atoms with Gasteiger partial charge in [0.15, 0.2) is 0 Å². The molecule has 7 heteroatoms. The van der Waals surface area contributed by atoms with Gasteiger partial charge in [-0.3, -0.25) is 9.59 Å². The number of benzene rings is 1. The van der Waals surface area contributed by atoms with Crippen LogP contribution < -0.4 is 10.1 Å². The van der Waals surface area contributed by atoms with Crippen LogP contribution in [0.1, 0.15) is 51.2 Å². The molecule has 0 bridgehead atoms. The molecule has 138 valence electrons. The average Bonchev–Trinajstić information content (AvgIpc) is 2.90. The molecule has 1 saturated carbocycles. The summed E-state index contributed by atoms with van der Waals surface area (Å²) in [5.74, 6) is -0.380. The molecule has 0 aromatic heterocycles. The molecule has 0 unspecified atom stereocenters. The minimum Gasteiger partial charge on any atom is -0.488 e. The standard InChI is InChI=1S/C18H22F3NO3/c1-17(2,3)25-15-7-5-13(18(19,20)21)8-12(15)10-22-16(24)11-4-6-14(23)9-11/h5,7-8,11H,4,6,9-10H2,1-3H3,(H,22,24)/t11-/m0/s1. The first kappa shape index (κ1) is 19.3. The second kappa shape index (κ2) is 7.06. The maximum atomic E-state index is 13.0. The Labute approximate surface area is 144 Å². The van der Waals surface area contributed by atoms with Gasteiger partial charge in [0.2, 0.25) is 5.91 Å². The summed E-state index contributed by atoms with van der Waals surface area (Å²) in [6.45, 7) is 5.28. The topological polar surface area (TPSA) is 55.4 Å². The van der Waals surface area contributed by atoms with Crippen LogP contribution in [0.25, 0.3) is 0 Å². The number of carbonyl (C=O) groups excluding carboxylic acids is 2. The number of Topliss-reactive ketones (excluding diaryl/α,β-unsaturated/α-hetero) is 1. The van der Waals surface area contributed by atoms with Gasteiger partial charge in [0.1, 0.15) is 17.1 Å². The van der Waals surface area contributed by atoms with Crippen molar-refractivity contribution < 1.29 is 27.5 Å². The Hall–Kier alpha value is -2.05. The molecule has 25 heavy (non-hydrogen) atoms. The molecule has 1 aliphatic rings. The zero-order valence-electron chi connectivity index (χ0n) is 14.5. The van der Waals surface area contributed by atoms with Crippen LogP contribution in [0.4, 0.5) is 13.2 Å². The Morgan fingerprint density at radius 2 is 1.96 bits per heavy atom. The summed E-state index contributed by atoms with van der Waals surface area (Å²) in [6.07, 6.45) is -3.42. The summed E-state index contributed by atoms with van der Waals surface area (Å²) in [5.41, 5.74) is -1.13. The van der Waals surface area contributed by atoms with Gasteiger partial charge < -0.3 is 10.1 Å². The van der Waals surface area contributed by atoms with Gasteiger partial charge in [-0.25, -0.2) is 0 Å². The molecule has 1 aliphatic carbocycles. The van der Waals surface area contributed by atoms with E-state index >= 15 is 0 Å². The van der Waals surface area contributed by atoms with Gasteiger partial charge in [0.05, 0.1) is 5.56 Å². The zero-order chi connectivity index (χ0) is 18.8. The predicted octanol–water partition coefficient (Wildman–Crippen LogP) is 3.87. The van der Waals surface area contributed by atoms with Gasteiger partial charge in [0, 0.05) is 30.9 Å². The number of ketones is 1. The number of ether oxygens (including phenoxy) is 1. The van der Waals surface area contributed by atoms with Crippen molar-refractivity contribution in [1.82, 2.24) is 5.32 Å². The number of hydrogen-bond donors (Lipinski definition) is 1. The highest BCUT2D eigenvalue weighted by Gasteiger charge is 2.32. The van der Waals surface area contributed by atoms with Crippen LogP contribution in [-0.4, -0.2) is 17.3 Å². The lowest BCUT2D eigenvalue weighted by atomic mass is 10.1. The molecule has 1 fully saturated rings. The minimum absolute atomic E-state index is 0.0379. The molecule has 0 saturated heterocycles. The fraction of sp³-hybridized carbons (Fsp3) is 0.556. The van der Waals surface area contributed by atoms with E-state index in [1.165, 1.54) is 6.07 Å². The minimum atomic E-state index is -4.48. The van der Waals surface area contributed by atoms with Crippen molar-refractivity contribution in [3.8, 4) is 5.75 Å². The lowest BCUT2D eigenvalue weighted by molar-refractivity contribution is -0.137. The number of alkyl halides is 3. The molecule has 0 spiro atoms. The Morgan fingerprint density at radius 1 is 1.28 bits per heavy atom. The fourth-order valence-electron chi connectivity index (χ4n) is 2.69. The number of hydrogen-bond acceptors (Lipinski definition) is 3. The highest BCUT2D eigenvalue weighted by molar-refractivity contribution is 5.90. The van der Waals surface area contributed by atoms with Crippen molar-refractivity contribution in [1.29, 1.82) is 0 Å². The number of rotatable bonds is 4. The van der Waals surface area contributed by atoms with E-state index < -0.39 is 23.3 Å². The van der Waals surface area contributed by atoms with E-state index in [2.05, 4.69) is 5.32 Å². The maximum Gasteiger partial charge on any atom is 0.416 e. The van der Waals surface area contributed by atoms with Crippen molar-refractivity contribution in [2.75, 3.05) is 0 Å². The molecule has 1 aromatic carbocycles. The summed E-state index contributed by atoms with van der Waals surface area (Å²) in [6, 6.07) is 3.22. The molecule has 0 aliphatic heterocycles. The lowest BCUT2D eigenvalue weighted by Gasteiger charge is -2.24. The van der Waals surface area contributed by atoms with Crippen molar-refractivity contribution >= 4 is 11.7 Å². The number of halogens is 3. The molecule has 2 rings (SSSR count). The molecule has 4 nitrogen and oxygen atoms in total. The second-order valence-corrected chi connectivity index (χ2v) is 7.23. The third-order valence-electron chi connectivity index (χ3n) is 3.87. The SMILES string of the molecule is CC(C)(C)Oc1ccc(C(F)(F)F)cc1CNC(=O)[C@H]1CCC(=O)C1. The molecule has 1 amide bonds. The average molecular weight is 357 g/mol. The molecule has 0 heterocycles. The van der Waals surface area contributed by atoms with Crippen molar-refractivity contribution in [3.63, 3.8) is 0 Å². The van der Waals surface area contributed by atoms with Crippen LogP contribution in [0, 0.1) is 5.92 Å². The zero-order valence-corrected chi connectivity index (χ0v) is 14.5. The first-order valence-electron chi connectivity index (χ1n) is 8.14. The monoisotopic (exact) mass is 357 g/mol. The van der Waals surface area contributed by atoms with Gasteiger partial charge >= 0.3 is 6.18 Å². The Balaban J connectivity index is 2.17. The van der Waals surface area contributed by atoms with Crippen molar-refractivity contribution in [3.05, 3.63) is 29.3 Å². The van der Waals surface area contributed by atoms with E-state index in [1.54, 1.807) is 20.8 Å². The summed E-state index contributed by atoms with van der Waals surface area (Å²) < 4.78 is 44.6. The molecular formula is C18H22F3NO3. The van der Waals surface area contributed by atoms with E-state index in [0.717, 1.165) is 12.1 Å². The fourth-order valence-corrected chi connectivity index (χ4v) is 2.69. The molecule has 1 aromatic rings. The smallest absolute Gasteiger partial charge is 0.416 e. The predicted molar refractivity (Wildman–Crippen MR) is 86.0 cm³/mol. The van der Waals surface area contributed by atoms with Crippen LogP contribution >= 0.6 is 0 Å². The molecular weight excluding hydrogens is 335 g/mol. The summed E-state index contributed by atoms with van der Waals surface area (Å²) in [4.78, 5) is 23.4. The van der Waals surface area contributed by atoms with E-state index in [4.69, 9.17) is 4.74 Å². The number of amides is 1. The third-order valence-corrected chi connectivity index (χ3v) is 3.87. The summed E-state index contributed by atoms with van der Waals surface area (Å²) >= 11 is 0. The van der Waals surface area contributed by atoms with Crippen LogP contribution in [0.5, 0.6) is 5.75 Å². The van der Waals surface area contributed by atoms with Gasteiger partial charge in [-0.1, -0.05) is 0 Å². The molecule has 1 N–H and O–H groups in total. The Morgan fingerprint density at radius 3 is 2.48 bits per heavy atom. The van der Waals surface area contributed by atoms with E-state index in [1.807, 2.05) is 0 Å². The Kier molecular flexibility index (Phi) is 5.44. The van der Waals surface area contributed by atoms with Crippen LogP contribution in [0.15, 0.2) is 18.2 Å². The van der Waals surface area contributed by atoms with Gasteiger partial charge in [-0.05, 0) is 45.4 Å². The first-order chi connectivity index (χ1) is 11.5. The number of nitrogens with one attached hydrogen (secondary N) is 1. The van der Waals surface area contributed by atoms with Gasteiger partial charge in [-0.15, -0.1) is 0 Å². The molecule has 1 atom stereocenters. The van der Waals surface area contributed by atoms with E-state index in [-0.39, 0.29) is 30.2 Å². The van der Waals surface area contributed by atoms with Crippen LogP contribution in [0.2, 0.25) is 0 Å².